The number of methoxy groups -OCH3 is 1. The van der Waals surface area contributed by atoms with Crippen LogP contribution in [0.1, 0.15) is 18.9 Å². The molecule has 0 saturated heterocycles. The van der Waals surface area contributed by atoms with E-state index in [0.29, 0.717) is 18.6 Å². The fraction of sp³-hybridized carbons (Fsp3) is 0.667. The minimum Gasteiger partial charge on any atom is -0.383 e. The van der Waals surface area contributed by atoms with E-state index in [1.165, 1.54) is 13.3 Å². The van der Waals surface area contributed by atoms with E-state index < -0.39 is 10.0 Å². The lowest BCUT2D eigenvalue weighted by molar-refractivity contribution is 0.173. The number of aromatic amines is 1. The van der Waals surface area contributed by atoms with E-state index in [1.54, 1.807) is 0 Å². The quantitative estimate of drug-likeness (QED) is 0.617. The SMILES string of the molecule is CCC(COC)NS(=O)(=O)c1[nH]ncc1CN. The molecule has 0 aliphatic rings. The average Bonchev–Trinajstić information content (AvgIpc) is 2.77. The largest absolute Gasteiger partial charge is 0.383 e. The zero-order valence-electron chi connectivity index (χ0n) is 9.93. The van der Waals surface area contributed by atoms with Crippen molar-refractivity contribution in [2.45, 2.75) is 31.0 Å². The van der Waals surface area contributed by atoms with Gasteiger partial charge in [-0.2, -0.15) is 5.10 Å². The van der Waals surface area contributed by atoms with Gasteiger partial charge < -0.3 is 10.5 Å². The summed E-state index contributed by atoms with van der Waals surface area (Å²) in [5.41, 5.74) is 5.90. The van der Waals surface area contributed by atoms with E-state index in [9.17, 15) is 8.42 Å². The number of nitrogens with zero attached hydrogens (tertiary/aromatic N) is 1. The Morgan fingerprint density at radius 3 is 2.88 bits per heavy atom. The molecule has 0 radical (unpaired) electrons. The third kappa shape index (κ3) is 3.50. The van der Waals surface area contributed by atoms with Crippen molar-refractivity contribution in [2.24, 2.45) is 5.73 Å². The summed E-state index contributed by atoms with van der Waals surface area (Å²) in [5.74, 6) is 0. The summed E-state index contributed by atoms with van der Waals surface area (Å²) in [4.78, 5) is 0. The average molecular weight is 262 g/mol. The van der Waals surface area contributed by atoms with Gasteiger partial charge in [-0.25, -0.2) is 13.1 Å². The van der Waals surface area contributed by atoms with Crippen molar-refractivity contribution in [3.05, 3.63) is 11.8 Å². The van der Waals surface area contributed by atoms with E-state index in [1.807, 2.05) is 6.92 Å². The van der Waals surface area contributed by atoms with Crippen molar-refractivity contribution in [3.63, 3.8) is 0 Å². The highest BCUT2D eigenvalue weighted by Gasteiger charge is 2.23. The fourth-order valence-electron chi connectivity index (χ4n) is 1.39. The molecular formula is C9H18N4O3S. The first-order valence-electron chi connectivity index (χ1n) is 5.28. The number of ether oxygens (including phenoxy) is 1. The molecule has 1 unspecified atom stereocenters. The normalized spacial score (nSPS) is 13.8. The van der Waals surface area contributed by atoms with Crippen molar-refractivity contribution in [3.8, 4) is 0 Å². The van der Waals surface area contributed by atoms with Gasteiger partial charge in [-0.15, -0.1) is 0 Å². The minimum absolute atomic E-state index is 0.0227. The molecule has 1 heterocycles. The van der Waals surface area contributed by atoms with E-state index in [4.69, 9.17) is 10.5 Å². The molecule has 7 nitrogen and oxygen atoms in total. The molecule has 0 spiro atoms. The van der Waals surface area contributed by atoms with Crippen LogP contribution in [0.15, 0.2) is 11.2 Å². The van der Waals surface area contributed by atoms with Gasteiger partial charge in [-0.1, -0.05) is 6.92 Å². The molecule has 4 N–H and O–H groups in total. The highest BCUT2D eigenvalue weighted by molar-refractivity contribution is 7.89. The summed E-state index contributed by atoms with van der Waals surface area (Å²) in [6, 6.07) is -0.265. The molecule has 0 aliphatic heterocycles. The second-order valence-corrected chi connectivity index (χ2v) is 5.26. The van der Waals surface area contributed by atoms with Crippen LogP contribution in [0.5, 0.6) is 0 Å². The third-order valence-electron chi connectivity index (χ3n) is 2.35. The van der Waals surface area contributed by atoms with E-state index in [0.717, 1.165) is 0 Å². The number of rotatable bonds is 7. The lowest BCUT2D eigenvalue weighted by atomic mass is 10.3. The number of H-pyrrole nitrogens is 1. The van der Waals surface area contributed by atoms with E-state index in [2.05, 4.69) is 14.9 Å². The van der Waals surface area contributed by atoms with Crippen molar-refractivity contribution in [1.29, 1.82) is 0 Å². The maximum Gasteiger partial charge on any atom is 0.258 e. The first-order chi connectivity index (χ1) is 8.05. The van der Waals surface area contributed by atoms with Gasteiger partial charge in [0.2, 0.25) is 0 Å². The summed E-state index contributed by atoms with van der Waals surface area (Å²) >= 11 is 0. The van der Waals surface area contributed by atoms with E-state index >= 15 is 0 Å². The minimum atomic E-state index is -3.62. The maximum atomic E-state index is 12.0. The fourth-order valence-corrected chi connectivity index (χ4v) is 2.84. The van der Waals surface area contributed by atoms with Gasteiger partial charge in [-0.3, -0.25) is 5.10 Å². The van der Waals surface area contributed by atoms with Gasteiger partial charge in [0.25, 0.3) is 10.0 Å². The van der Waals surface area contributed by atoms with Crippen LogP contribution in [-0.2, 0) is 21.3 Å². The van der Waals surface area contributed by atoms with Crippen molar-refractivity contribution >= 4 is 10.0 Å². The monoisotopic (exact) mass is 262 g/mol. The van der Waals surface area contributed by atoms with Gasteiger partial charge >= 0.3 is 0 Å². The summed E-state index contributed by atoms with van der Waals surface area (Å²) in [7, 11) is -2.10. The van der Waals surface area contributed by atoms with Crippen molar-refractivity contribution in [1.82, 2.24) is 14.9 Å². The molecule has 0 aliphatic carbocycles. The molecule has 17 heavy (non-hydrogen) atoms. The number of nitrogens with one attached hydrogen (secondary N) is 2. The zero-order chi connectivity index (χ0) is 12.9. The summed E-state index contributed by atoms with van der Waals surface area (Å²) in [6.07, 6.45) is 2.05. The number of hydrogen-bond donors (Lipinski definition) is 3. The lowest BCUT2D eigenvalue weighted by Gasteiger charge is -2.15. The Morgan fingerprint density at radius 1 is 1.65 bits per heavy atom. The molecule has 1 atom stereocenters. The van der Waals surface area contributed by atoms with E-state index in [-0.39, 0.29) is 17.6 Å². The van der Waals surface area contributed by atoms with Crippen molar-refractivity contribution in [2.75, 3.05) is 13.7 Å². The predicted molar refractivity (Wildman–Crippen MR) is 62.8 cm³/mol. The summed E-state index contributed by atoms with van der Waals surface area (Å²) in [6.45, 7) is 2.32. The Labute approximate surface area is 101 Å². The predicted octanol–water partition coefficient (Wildman–Crippen LogP) is -0.428. The Morgan fingerprint density at radius 2 is 2.35 bits per heavy atom. The van der Waals surface area contributed by atoms with Crippen LogP contribution in [0.25, 0.3) is 0 Å². The molecule has 0 amide bonds. The second kappa shape index (κ2) is 6.10. The Balaban J connectivity index is 2.88. The molecule has 1 rings (SSSR count). The second-order valence-electron chi connectivity index (χ2n) is 3.61. The van der Waals surface area contributed by atoms with Crippen LogP contribution in [0, 0.1) is 0 Å². The van der Waals surface area contributed by atoms with Crippen LogP contribution < -0.4 is 10.5 Å². The Kier molecular flexibility index (Phi) is 5.06. The Bertz CT molecular complexity index is 443. The molecule has 8 heteroatoms. The zero-order valence-corrected chi connectivity index (χ0v) is 10.8. The number of hydrogen-bond acceptors (Lipinski definition) is 5. The molecule has 0 fully saturated rings. The first kappa shape index (κ1) is 14.1. The van der Waals surface area contributed by atoms with Crippen LogP contribution in [0.3, 0.4) is 0 Å². The number of nitrogens with two attached hydrogens (primary N) is 1. The van der Waals surface area contributed by atoms with Crippen LogP contribution >= 0.6 is 0 Å². The van der Waals surface area contributed by atoms with Gasteiger partial charge in [0.15, 0.2) is 5.03 Å². The first-order valence-corrected chi connectivity index (χ1v) is 6.77. The van der Waals surface area contributed by atoms with Gasteiger partial charge in [-0.05, 0) is 6.42 Å². The highest BCUT2D eigenvalue weighted by Crippen LogP contribution is 2.11. The standard InChI is InChI=1S/C9H18N4O3S/c1-3-8(6-16-2)13-17(14,15)9-7(4-10)5-11-12-9/h5,8,13H,3-4,6,10H2,1-2H3,(H,11,12). The molecule has 1 aromatic heterocycles. The van der Waals surface area contributed by atoms with Crippen molar-refractivity contribution < 1.29 is 13.2 Å². The highest BCUT2D eigenvalue weighted by atomic mass is 32.2. The summed E-state index contributed by atoms with van der Waals surface area (Å²) in [5, 5.41) is 6.15. The van der Waals surface area contributed by atoms with Crippen LogP contribution in [0.4, 0.5) is 0 Å². The molecular weight excluding hydrogens is 244 g/mol. The third-order valence-corrected chi connectivity index (χ3v) is 3.88. The smallest absolute Gasteiger partial charge is 0.258 e. The van der Waals surface area contributed by atoms with Crippen LogP contribution in [-0.4, -0.2) is 38.4 Å². The number of sulfonamides is 1. The molecule has 98 valence electrons. The number of aromatic nitrogens is 2. The van der Waals surface area contributed by atoms with Crippen LogP contribution in [0.2, 0.25) is 0 Å². The molecule has 0 saturated carbocycles. The Hall–Kier alpha value is -0.960. The lowest BCUT2D eigenvalue weighted by Crippen LogP contribution is -2.38. The molecule has 1 aromatic rings. The molecule has 0 bridgehead atoms. The van der Waals surface area contributed by atoms with Gasteiger partial charge in [0.05, 0.1) is 12.8 Å². The summed E-state index contributed by atoms with van der Waals surface area (Å²) < 4.78 is 31.5. The maximum absolute atomic E-state index is 12.0. The van der Waals surface area contributed by atoms with Gasteiger partial charge in [0.1, 0.15) is 0 Å². The topological polar surface area (TPSA) is 110 Å². The molecule has 0 aromatic carbocycles. The van der Waals surface area contributed by atoms with Gasteiger partial charge in [0, 0.05) is 25.3 Å².